The Morgan fingerprint density at radius 2 is 0.655 bits per heavy atom. The van der Waals surface area contributed by atoms with E-state index in [-0.39, 0.29) is 32.2 Å². The van der Waals surface area contributed by atoms with Crippen LogP contribution < -0.4 is 5.11 Å². The zero-order valence-corrected chi connectivity index (χ0v) is 57.9. The van der Waals surface area contributed by atoms with Crippen molar-refractivity contribution < 1.29 is 42.9 Å². The zero-order chi connectivity index (χ0) is 63.3. The van der Waals surface area contributed by atoms with Crippen molar-refractivity contribution in [3.63, 3.8) is 0 Å². The van der Waals surface area contributed by atoms with Crippen LogP contribution in [0.4, 0.5) is 0 Å². The lowest BCUT2D eigenvalue weighted by molar-refractivity contribution is -0.870. The number of hydrogen-bond donors (Lipinski definition) is 0. The highest BCUT2D eigenvalue weighted by Crippen LogP contribution is 2.19. The van der Waals surface area contributed by atoms with Crippen LogP contribution in [0.2, 0.25) is 0 Å². The second-order valence-corrected chi connectivity index (χ2v) is 26.2. The molecule has 0 N–H and O–H groups in total. The minimum absolute atomic E-state index is 0.150. The van der Waals surface area contributed by atoms with Gasteiger partial charge in [-0.3, -0.25) is 9.59 Å². The van der Waals surface area contributed by atoms with Crippen LogP contribution in [0, 0.1) is 0 Å². The van der Waals surface area contributed by atoms with Gasteiger partial charge in [0.2, 0.25) is 0 Å². The van der Waals surface area contributed by atoms with Crippen LogP contribution in [-0.2, 0) is 33.3 Å². The predicted octanol–water partition coefficient (Wildman–Crippen LogP) is 21.9. The highest BCUT2D eigenvalue weighted by molar-refractivity contribution is 5.70. The van der Waals surface area contributed by atoms with E-state index in [1.807, 2.05) is 21.1 Å². The minimum atomic E-state index is -1.62. The number of likely N-dealkylation sites (N-methyl/N-ethyl adjacent to an activating group) is 1. The number of quaternary nitrogens is 1. The Balaban J connectivity index is 4.01. The zero-order valence-electron chi connectivity index (χ0n) is 57.9. The molecule has 0 bridgehead atoms. The van der Waals surface area contributed by atoms with Gasteiger partial charge in [-0.05, 0) is 64.2 Å². The number of hydrogen-bond acceptors (Lipinski definition) is 8. The molecule has 0 aliphatic heterocycles. The maximum atomic E-state index is 12.9. The molecule has 0 fully saturated rings. The Bertz CT molecular complexity index is 1660. The lowest BCUT2D eigenvalue weighted by atomic mass is 10.0. The van der Waals surface area contributed by atoms with Gasteiger partial charge in [-0.1, -0.05) is 344 Å². The van der Waals surface area contributed by atoms with Crippen LogP contribution in [0.3, 0.4) is 0 Å². The van der Waals surface area contributed by atoms with Gasteiger partial charge in [-0.2, -0.15) is 0 Å². The van der Waals surface area contributed by atoms with Crippen molar-refractivity contribution in [1.82, 2.24) is 0 Å². The lowest BCUT2D eigenvalue weighted by Gasteiger charge is -2.26. The maximum Gasteiger partial charge on any atom is 0.306 e. The number of allylic oxidation sites excluding steroid dienone is 12. The summed E-state index contributed by atoms with van der Waals surface area (Å²) < 4.78 is 22.8. The molecule has 0 aromatic rings. The van der Waals surface area contributed by atoms with Crippen LogP contribution in [-0.4, -0.2) is 82.3 Å². The Morgan fingerprint density at radius 1 is 0.356 bits per heavy atom. The molecule has 0 amide bonds. The standard InChI is InChI=1S/C78H141NO8/c1-6-8-10-12-14-16-18-20-22-24-26-28-30-31-32-33-34-35-36-37-38-39-40-41-42-43-44-45-47-49-51-53-55-57-59-61-63-65-67-69-76(81)87-74(73-86-78(77(82)83)84-71-70-79(3,4)5)72-85-75(80)68-66-64-62-60-58-56-54-52-50-48-46-29-27-25-23-21-19-17-15-13-11-9-7-2/h8,10,14,16,20,22,26,28,31-32,34-35,74,78H,6-7,9,11-13,15,17-19,21,23-25,27,29-30,33,36-73H2,1-5H3/b10-8-,16-14-,22-20-,28-26-,32-31-,35-34-. The van der Waals surface area contributed by atoms with Crippen molar-refractivity contribution in [1.29, 1.82) is 0 Å². The number of carbonyl (C=O) groups excluding carboxylic acids is 3. The summed E-state index contributed by atoms with van der Waals surface area (Å²) >= 11 is 0. The van der Waals surface area contributed by atoms with Crippen LogP contribution in [0.1, 0.15) is 348 Å². The number of carboxylic acid groups (broad SMARTS) is 1. The Labute approximate surface area is 538 Å². The van der Waals surface area contributed by atoms with E-state index >= 15 is 0 Å². The number of carbonyl (C=O) groups is 3. The number of aliphatic carboxylic acids is 1. The summed E-state index contributed by atoms with van der Waals surface area (Å²) in [5.74, 6) is -2.26. The fraction of sp³-hybridized carbons (Fsp3) is 0.808. The minimum Gasteiger partial charge on any atom is -0.545 e. The van der Waals surface area contributed by atoms with E-state index in [9.17, 15) is 19.5 Å². The first-order chi connectivity index (χ1) is 42.6. The molecule has 0 spiro atoms. The molecule has 2 unspecified atom stereocenters. The highest BCUT2D eigenvalue weighted by Gasteiger charge is 2.22. The summed E-state index contributed by atoms with van der Waals surface area (Å²) in [5.41, 5.74) is 0. The first-order valence-corrected chi connectivity index (χ1v) is 37.1. The third-order valence-electron chi connectivity index (χ3n) is 16.5. The SMILES string of the molecule is CC/C=C\C/C=C\C/C=C\C/C=C\C/C=C\C/C=C\CCCCCCCCCCCCCCCCCCCCCCC(=O)OC(COC(=O)CCCCCCCCCCCCCCCCCCCCCCCCC)COC(OCC[N+](C)(C)C)C(=O)[O-]. The van der Waals surface area contributed by atoms with E-state index in [1.54, 1.807) is 0 Å². The fourth-order valence-electron chi connectivity index (χ4n) is 10.8. The molecule has 0 aromatic heterocycles. The van der Waals surface area contributed by atoms with Gasteiger partial charge in [0, 0.05) is 12.8 Å². The molecule has 0 saturated carbocycles. The smallest absolute Gasteiger partial charge is 0.306 e. The summed E-state index contributed by atoms with van der Waals surface area (Å²) in [6.07, 6.45) is 88.6. The van der Waals surface area contributed by atoms with Gasteiger partial charge in [0.15, 0.2) is 12.4 Å². The van der Waals surface area contributed by atoms with Gasteiger partial charge in [-0.25, -0.2) is 0 Å². The lowest BCUT2D eigenvalue weighted by Crippen LogP contribution is -2.44. The normalized spacial score (nSPS) is 13.1. The number of rotatable bonds is 69. The first kappa shape index (κ1) is 83.7. The Hall–Kier alpha value is -3.27. The molecule has 0 radical (unpaired) electrons. The number of nitrogens with zero attached hydrogens (tertiary/aromatic N) is 1. The van der Waals surface area contributed by atoms with Crippen molar-refractivity contribution in [3.8, 4) is 0 Å². The van der Waals surface area contributed by atoms with Crippen molar-refractivity contribution >= 4 is 17.9 Å². The molecule has 9 nitrogen and oxygen atoms in total. The summed E-state index contributed by atoms with van der Waals surface area (Å²) in [4.78, 5) is 37.5. The molecule has 87 heavy (non-hydrogen) atoms. The molecule has 9 heteroatoms. The third-order valence-corrected chi connectivity index (χ3v) is 16.5. The number of esters is 2. The van der Waals surface area contributed by atoms with Gasteiger partial charge in [-0.15, -0.1) is 0 Å². The number of ether oxygens (including phenoxy) is 4. The Morgan fingerprint density at radius 3 is 0.977 bits per heavy atom. The van der Waals surface area contributed by atoms with Crippen LogP contribution in [0.15, 0.2) is 72.9 Å². The van der Waals surface area contributed by atoms with Crippen LogP contribution in [0.5, 0.6) is 0 Å². The average molecular weight is 1220 g/mol. The van der Waals surface area contributed by atoms with E-state index < -0.39 is 24.3 Å². The predicted molar refractivity (Wildman–Crippen MR) is 371 cm³/mol. The van der Waals surface area contributed by atoms with E-state index in [4.69, 9.17) is 18.9 Å². The largest absolute Gasteiger partial charge is 0.545 e. The summed E-state index contributed by atoms with van der Waals surface area (Å²) in [6, 6.07) is 0. The molecule has 0 aromatic carbocycles. The summed E-state index contributed by atoms with van der Waals surface area (Å²) in [5, 5.41) is 11.8. The van der Waals surface area contributed by atoms with Gasteiger partial charge < -0.3 is 33.3 Å². The molecule has 506 valence electrons. The van der Waals surface area contributed by atoms with E-state index in [2.05, 4.69) is 86.8 Å². The summed E-state index contributed by atoms with van der Waals surface area (Å²) in [6.45, 7) is 4.70. The fourth-order valence-corrected chi connectivity index (χ4v) is 10.8. The van der Waals surface area contributed by atoms with Crippen LogP contribution in [0.25, 0.3) is 0 Å². The van der Waals surface area contributed by atoms with Gasteiger partial charge in [0.25, 0.3) is 0 Å². The van der Waals surface area contributed by atoms with Crippen molar-refractivity contribution in [2.75, 3.05) is 47.5 Å². The molecular weight excluding hydrogens is 1080 g/mol. The maximum absolute atomic E-state index is 12.9. The molecule has 2 atom stereocenters. The monoisotopic (exact) mass is 1220 g/mol. The van der Waals surface area contributed by atoms with Crippen molar-refractivity contribution in [2.45, 2.75) is 360 Å². The number of unbranched alkanes of at least 4 members (excludes halogenated alkanes) is 42. The Kier molecular flexibility index (Phi) is 66.1. The van der Waals surface area contributed by atoms with E-state index in [0.717, 1.165) is 70.6 Å². The first-order valence-electron chi connectivity index (χ1n) is 37.1. The van der Waals surface area contributed by atoms with E-state index in [1.165, 1.54) is 244 Å². The van der Waals surface area contributed by atoms with Gasteiger partial charge in [0.1, 0.15) is 13.2 Å². The van der Waals surface area contributed by atoms with Crippen molar-refractivity contribution in [2.24, 2.45) is 0 Å². The molecule has 0 aliphatic carbocycles. The molecule has 0 aliphatic rings. The second-order valence-electron chi connectivity index (χ2n) is 26.2. The summed E-state index contributed by atoms with van der Waals surface area (Å²) in [7, 11) is 5.94. The molecule has 0 rings (SSSR count). The average Bonchev–Trinajstić information content (AvgIpc) is 3.55. The molecule has 0 saturated heterocycles. The van der Waals surface area contributed by atoms with Crippen LogP contribution >= 0.6 is 0 Å². The third kappa shape index (κ3) is 70.1. The second kappa shape index (κ2) is 68.6. The molecule has 0 heterocycles. The van der Waals surface area contributed by atoms with Gasteiger partial charge >= 0.3 is 11.9 Å². The topological polar surface area (TPSA) is 111 Å². The number of carboxylic acids is 1. The highest BCUT2D eigenvalue weighted by atomic mass is 16.7. The van der Waals surface area contributed by atoms with Gasteiger partial charge in [0.05, 0.1) is 40.3 Å². The van der Waals surface area contributed by atoms with Crippen molar-refractivity contribution in [3.05, 3.63) is 72.9 Å². The quantitative estimate of drug-likeness (QED) is 0.0195. The molecular formula is C78H141NO8. The van der Waals surface area contributed by atoms with E-state index in [0.29, 0.717) is 23.9 Å².